The fourth-order valence-corrected chi connectivity index (χ4v) is 1.23. The van der Waals surface area contributed by atoms with Crippen LogP contribution in [0.5, 0.6) is 0 Å². The predicted octanol–water partition coefficient (Wildman–Crippen LogP) is 1.13. The van der Waals surface area contributed by atoms with Crippen molar-refractivity contribution >= 4 is 23.5 Å². The lowest BCUT2D eigenvalue weighted by molar-refractivity contribution is 0.0441. The summed E-state index contributed by atoms with van der Waals surface area (Å²) in [6, 6.07) is 1.52. The molecule has 5 heteroatoms. The Morgan fingerprint density at radius 2 is 2.15 bits per heavy atom. The normalized spacial score (nSPS) is 14.2. The van der Waals surface area contributed by atoms with Gasteiger partial charge in [0.15, 0.2) is 5.69 Å². The van der Waals surface area contributed by atoms with Crippen LogP contribution < -0.4 is 0 Å². The van der Waals surface area contributed by atoms with Crippen molar-refractivity contribution in [1.82, 2.24) is 4.98 Å². The SMILES string of the molecule is O=C1OC(=O)c2ncc(CCl)cc21. The van der Waals surface area contributed by atoms with Gasteiger partial charge < -0.3 is 4.74 Å². The molecule has 0 amide bonds. The lowest BCUT2D eigenvalue weighted by Crippen LogP contribution is -1.97. The lowest BCUT2D eigenvalue weighted by Gasteiger charge is -1.94. The fourth-order valence-electron chi connectivity index (χ4n) is 1.09. The minimum atomic E-state index is -0.693. The summed E-state index contributed by atoms with van der Waals surface area (Å²) in [5.74, 6) is -1.09. The van der Waals surface area contributed by atoms with Crippen LogP contribution in [0.25, 0.3) is 0 Å². The molecule has 0 bridgehead atoms. The number of cyclic esters (lactones) is 2. The van der Waals surface area contributed by atoms with Crippen molar-refractivity contribution < 1.29 is 14.3 Å². The molecule has 1 aromatic heterocycles. The first-order chi connectivity index (χ1) is 6.22. The summed E-state index contributed by atoms with van der Waals surface area (Å²) in [4.78, 5) is 25.7. The monoisotopic (exact) mass is 197 g/mol. The second kappa shape index (κ2) is 2.81. The molecule has 0 aromatic carbocycles. The first kappa shape index (κ1) is 8.19. The quantitative estimate of drug-likeness (QED) is 0.385. The van der Waals surface area contributed by atoms with Crippen LogP contribution in [0, 0.1) is 0 Å². The Kier molecular flexibility index (Phi) is 1.77. The second-order valence-corrected chi connectivity index (χ2v) is 2.82. The van der Waals surface area contributed by atoms with Gasteiger partial charge in [-0.15, -0.1) is 11.6 Å². The summed E-state index contributed by atoms with van der Waals surface area (Å²) in [5.41, 5.74) is 0.953. The van der Waals surface area contributed by atoms with E-state index in [4.69, 9.17) is 11.6 Å². The van der Waals surface area contributed by atoms with Crippen molar-refractivity contribution in [2.45, 2.75) is 5.88 Å². The number of ether oxygens (including phenoxy) is 1. The maximum atomic E-state index is 11.0. The number of rotatable bonds is 1. The Labute approximate surface area is 78.5 Å². The molecule has 0 aliphatic carbocycles. The molecular formula is C8H4ClNO3. The van der Waals surface area contributed by atoms with E-state index in [-0.39, 0.29) is 17.1 Å². The van der Waals surface area contributed by atoms with Gasteiger partial charge in [-0.05, 0) is 11.6 Å². The smallest absolute Gasteiger partial charge is 0.365 e. The fraction of sp³-hybridized carbons (Fsp3) is 0.125. The number of hydrogen-bond donors (Lipinski definition) is 0. The summed E-state index contributed by atoms with van der Waals surface area (Å²) in [5, 5.41) is 0. The highest BCUT2D eigenvalue weighted by molar-refractivity contribution is 6.17. The molecule has 4 nitrogen and oxygen atoms in total. The van der Waals surface area contributed by atoms with Crippen molar-refractivity contribution in [2.75, 3.05) is 0 Å². The molecule has 0 saturated carbocycles. The maximum absolute atomic E-state index is 11.0. The first-order valence-corrected chi connectivity index (χ1v) is 4.07. The zero-order valence-corrected chi connectivity index (χ0v) is 7.17. The number of esters is 2. The van der Waals surface area contributed by atoms with Crippen molar-refractivity contribution in [3.8, 4) is 0 Å². The van der Waals surface area contributed by atoms with Crippen molar-refractivity contribution in [1.29, 1.82) is 0 Å². The van der Waals surface area contributed by atoms with Gasteiger partial charge in [0.05, 0.1) is 5.56 Å². The molecule has 1 aromatic rings. The average molecular weight is 198 g/mol. The minimum Gasteiger partial charge on any atom is -0.384 e. The van der Waals surface area contributed by atoms with Gasteiger partial charge in [-0.25, -0.2) is 14.6 Å². The van der Waals surface area contributed by atoms with E-state index >= 15 is 0 Å². The second-order valence-electron chi connectivity index (χ2n) is 2.55. The van der Waals surface area contributed by atoms with E-state index < -0.39 is 11.9 Å². The van der Waals surface area contributed by atoms with Crippen LogP contribution in [0.3, 0.4) is 0 Å². The molecule has 0 N–H and O–H groups in total. The Morgan fingerprint density at radius 1 is 1.38 bits per heavy atom. The molecule has 0 unspecified atom stereocenters. The molecule has 2 heterocycles. The van der Waals surface area contributed by atoms with Crippen molar-refractivity contribution in [3.63, 3.8) is 0 Å². The van der Waals surface area contributed by atoms with E-state index in [0.29, 0.717) is 5.56 Å². The van der Waals surface area contributed by atoms with E-state index in [2.05, 4.69) is 9.72 Å². The van der Waals surface area contributed by atoms with Gasteiger partial charge in [-0.1, -0.05) is 0 Å². The molecule has 0 atom stereocenters. The number of pyridine rings is 1. The number of fused-ring (bicyclic) bond motifs is 1. The number of carbonyl (C=O) groups excluding carboxylic acids is 2. The van der Waals surface area contributed by atoms with Crippen LogP contribution in [0.15, 0.2) is 12.3 Å². The van der Waals surface area contributed by atoms with E-state index in [1.165, 1.54) is 12.3 Å². The molecule has 2 rings (SSSR count). The van der Waals surface area contributed by atoms with Crippen LogP contribution in [0.1, 0.15) is 26.4 Å². The third-order valence-electron chi connectivity index (χ3n) is 1.70. The van der Waals surface area contributed by atoms with Crippen LogP contribution >= 0.6 is 11.6 Å². The van der Waals surface area contributed by atoms with Crippen molar-refractivity contribution in [2.24, 2.45) is 0 Å². The third-order valence-corrected chi connectivity index (χ3v) is 2.01. The largest absolute Gasteiger partial charge is 0.384 e. The van der Waals surface area contributed by atoms with E-state index in [9.17, 15) is 9.59 Å². The number of alkyl halides is 1. The van der Waals surface area contributed by atoms with Crippen LogP contribution in [0.2, 0.25) is 0 Å². The predicted molar refractivity (Wildman–Crippen MR) is 43.5 cm³/mol. The maximum Gasteiger partial charge on any atom is 0.365 e. The third kappa shape index (κ3) is 1.19. The summed E-state index contributed by atoms with van der Waals surface area (Å²) < 4.78 is 4.35. The van der Waals surface area contributed by atoms with Gasteiger partial charge >= 0.3 is 11.9 Å². The van der Waals surface area contributed by atoms with Crippen LogP contribution in [0.4, 0.5) is 0 Å². The number of nitrogens with zero attached hydrogens (tertiary/aromatic N) is 1. The minimum absolute atomic E-state index is 0.0684. The standard InChI is InChI=1S/C8H4ClNO3/c9-2-4-1-5-6(10-3-4)8(12)13-7(5)11/h1,3H,2H2. The molecule has 0 fully saturated rings. The highest BCUT2D eigenvalue weighted by Crippen LogP contribution is 2.19. The molecule has 0 radical (unpaired) electrons. The van der Waals surface area contributed by atoms with Gasteiger partial charge in [0.1, 0.15) is 0 Å². The first-order valence-electron chi connectivity index (χ1n) is 3.54. The van der Waals surface area contributed by atoms with Gasteiger partial charge in [-0.3, -0.25) is 0 Å². The summed E-state index contributed by atoms with van der Waals surface area (Å²) in [6.07, 6.45) is 1.45. The highest BCUT2D eigenvalue weighted by Gasteiger charge is 2.31. The summed E-state index contributed by atoms with van der Waals surface area (Å²) in [7, 11) is 0. The van der Waals surface area contributed by atoms with E-state index in [1.54, 1.807) is 0 Å². The Bertz CT molecular complexity index is 402. The van der Waals surface area contributed by atoms with E-state index in [1.807, 2.05) is 0 Å². The zero-order chi connectivity index (χ0) is 9.42. The number of halogens is 1. The summed E-state index contributed by atoms with van der Waals surface area (Å²) >= 11 is 5.54. The van der Waals surface area contributed by atoms with Crippen LogP contribution in [-0.4, -0.2) is 16.9 Å². The number of carbonyl (C=O) groups is 2. The van der Waals surface area contributed by atoms with Gasteiger partial charge in [0.2, 0.25) is 0 Å². The summed E-state index contributed by atoms with van der Waals surface area (Å²) in [6.45, 7) is 0. The van der Waals surface area contributed by atoms with E-state index in [0.717, 1.165) is 0 Å². The zero-order valence-electron chi connectivity index (χ0n) is 6.41. The highest BCUT2D eigenvalue weighted by atomic mass is 35.5. The van der Waals surface area contributed by atoms with Crippen LogP contribution in [-0.2, 0) is 10.6 Å². The molecule has 13 heavy (non-hydrogen) atoms. The molecule has 1 aliphatic rings. The lowest BCUT2D eigenvalue weighted by atomic mass is 10.2. The molecule has 1 aliphatic heterocycles. The van der Waals surface area contributed by atoms with Gasteiger partial charge in [0, 0.05) is 12.1 Å². The number of aromatic nitrogens is 1. The Balaban J connectivity index is 2.58. The number of hydrogen-bond acceptors (Lipinski definition) is 4. The Hall–Kier alpha value is -1.42. The average Bonchev–Trinajstić information content (AvgIpc) is 2.42. The molecule has 0 saturated heterocycles. The molecule has 0 spiro atoms. The molecular weight excluding hydrogens is 194 g/mol. The van der Waals surface area contributed by atoms with Crippen molar-refractivity contribution in [3.05, 3.63) is 29.1 Å². The topological polar surface area (TPSA) is 56.3 Å². The Morgan fingerprint density at radius 3 is 2.85 bits per heavy atom. The van der Waals surface area contributed by atoms with Gasteiger partial charge in [0.25, 0.3) is 0 Å². The molecule has 66 valence electrons. The van der Waals surface area contributed by atoms with Gasteiger partial charge in [-0.2, -0.15) is 0 Å².